The zero-order valence-corrected chi connectivity index (χ0v) is 13.8. The van der Waals surface area contributed by atoms with Gasteiger partial charge in [-0.25, -0.2) is 4.39 Å². The molecule has 0 unspecified atom stereocenters. The van der Waals surface area contributed by atoms with Crippen LogP contribution >= 0.6 is 27.5 Å². The van der Waals surface area contributed by atoms with Crippen molar-refractivity contribution in [1.82, 2.24) is 5.32 Å². The van der Waals surface area contributed by atoms with Crippen molar-refractivity contribution in [1.29, 1.82) is 0 Å². The fraction of sp³-hybridized carbons (Fsp3) is 0.250. The van der Waals surface area contributed by atoms with E-state index in [4.69, 9.17) is 11.6 Å². The molecule has 0 amide bonds. The van der Waals surface area contributed by atoms with Gasteiger partial charge in [-0.1, -0.05) is 29.8 Å². The molecule has 1 N–H and O–H groups in total. The molecule has 0 atom stereocenters. The van der Waals surface area contributed by atoms with Crippen LogP contribution in [0.25, 0.3) is 0 Å². The summed E-state index contributed by atoms with van der Waals surface area (Å²) in [4.78, 5) is 0. The summed E-state index contributed by atoms with van der Waals surface area (Å²) in [6.07, 6.45) is 0. The summed E-state index contributed by atoms with van der Waals surface area (Å²) >= 11 is 9.37. The van der Waals surface area contributed by atoms with E-state index in [1.165, 1.54) is 0 Å². The molecule has 0 aliphatic rings. The zero-order chi connectivity index (χ0) is 14.7. The highest BCUT2D eigenvalue weighted by Crippen LogP contribution is 2.23. The Morgan fingerprint density at radius 1 is 1.05 bits per heavy atom. The van der Waals surface area contributed by atoms with Gasteiger partial charge in [-0.05, 0) is 64.2 Å². The molecule has 2 rings (SSSR count). The average Bonchev–Trinajstić information content (AvgIpc) is 2.40. The van der Waals surface area contributed by atoms with Gasteiger partial charge in [0.2, 0.25) is 0 Å². The average molecular weight is 357 g/mol. The van der Waals surface area contributed by atoms with Gasteiger partial charge in [0.1, 0.15) is 5.82 Å². The van der Waals surface area contributed by atoms with Crippen LogP contribution in [0.15, 0.2) is 34.8 Å². The normalized spacial score (nSPS) is 10.8. The third-order valence-corrected chi connectivity index (χ3v) is 4.35. The van der Waals surface area contributed by atoms with Gasteiger partial charge >= 0.3 is 0 Å². The Balaban J connectivity index is 1.97. The van der Waals surface area contributed by atoms with Gasteiger partial charge in [-0.3, -0.25) is 0 Å². The van der Waals surface area contributed by atoms with Crippen LogP contribution in [0.5, 0.6) is 0 Å². The summed E-state index contributed by atoms with van der Waals surface area (Å²) in [6.45, 7) is 5.04. The molecule has 0 fully saturated rings. The van der Waals surface area contributed by atoms with Crippen molar-refractivity contribution in [2.45, 2.75) is 26.9 Å². The molecule has 0 aromatic heterocycles. The van der Waals surface area contributed by atoms with Crippen LogP contribution in [-0.4, -0.2) is 0 Å². The molecule has 2 aromatic rings. The zero-order valence-electron chi connectivity index (χ0n) is 11.4. The first-order valence-corrected chi connectivity index (χ1v) is 7.54. The van der Waals surface area contributed by atoms with Crippen LogP contribution in [0.2, 0.25) is 5.02 Å². The lowest BCUT2D eigenvalue weighted by Crippen LogP contribution is -2.13. The van der Waals surface area contributed by atoms with Gasteiger partial charge in [0.05, 0.1) is 5.02 Å². The Morgan fingerprint density at radius 2 is 1.65 bits per heavy atom. The van der Waals surface area contributed by atoms with Gasteiger partial charge < -0.3 is 5.32 Å². The Bertz CT molecular complexity index is 605. The van der Waals surface area contributed by atoms with Gasteiger partial charge in [-0.15, -0.1) is 0 Å². The van der Waals surface area contributed by atoms with Gasteiger partial charge in [0.15, 0.2) is 0 Å². The maximum Gasteiger partial charge on any atom is 0.129 e. The SMILES string of the molecule is Cc1cc(CNCc2ccc(Cl)c(Br)c2)cc(C)c1F. The molecule has 0 heterocycles. The van der Waals surface area contributed by atoms with Crippen molar-refractivity contribution < 1.29 is 4.39 Å². The van der Waals surface area contributed by atoms with Crippen LogP contribution in [0.1, 0.15) is 22.3 Å². The maximum absolute atomic E-state index is 13.5. The number of rotatable bonds is 4. The van der Waals surface area contributed by atoms with Gasteiger partial charge in [0, 0.05) is 17.6 Å². The molecule has 0 saturated carbocycles. The minimum absolute atomic E-state index is 0.115. The van der Waals surface area contributed by atoms with E-state index in [1.54, 1.807) is 13.8 Å². The lowest BCUT2D eigenvalue weighted by atomic mass is 10.1. The lowest BCUT2D eigenvalue weighted by Gasteiger charge is -2.09. The first kappa shape index (κ1) is 15.5. The Hall–Kier alpha value is -0.900. The highest BCUT2D eigenvalue weighted by Gasteiger charge is 2.04. The van der Waals surface area contributed by atoms with E-state index in [1.807, 2.05) is 30.3 Å². The Kier molecular flexibility index (Phi) is 5.19. The third kappa shape index (κ3) is 3.81. The molecule has 0 aliphatic heterocycles. The number of benzene rings is 2. The van der Waals surface area contributed by atoms with Gasteiger partial charge in [-0.2, -0.15) is 0 Å². The van der Waals surface area contributed by atoms with Crippen molar-refractivity contribution >= 4 is 27.5 Å². The van der Waals surface area contributed by atoms with E-state index in [0.717, 1.165) is 22.1 Å². The van der Waals surface area contributed by atoms with Crippen LogP contribution in [0.4, 0.5) is 4.39 Å². The van der Waals surface area contributed by atoms with Crippen molar-refractivity contribution in [3.63, 3.8) is 0 Å². The van der Waals surface area contributed by atoms with Crippen LogP contribution in [-0.2, 0) is 13.1 Å². The molecular weight excluding hydrogens is 341 g/mol. The summed E-state index contributed by atoms with van der Waals surface area (Å²) in [5.74, 6) is -0.115. The standard InChI is InChI=1S/C16H16BrClFN/c1-10-5-13(6-11(2)16(10)19)9-20-8-12-3-4-15(18)14(17)7-12/h3-7,20H,8-9H2,1-2H3. The monoisotopic (exact) mass is 355 g/mol. The number of hydrogen-bond donors (Lipinski definition) is 1. The van der Waals surface area contributed by atoms with Crippen LogP contribution in [0, 0.1) is 19.7 Å². The number of nitrogens with one attached hydrogen (secondary N) is 1. The molecule has 0 radical (unpaired) electrons. The highest BCUT2D eigenvalue weighted by atomic mass is 79.9. The largest absolute Gasteiger partial charge is 0.309 e. The maximum atomic E-state index is 13.5. The molecule has 106 valence electrons. The predicted molar refractivity (Wildman–Crippen MR) is 85.6 cm³/mol. The molecule has 0 saturated heterocycles. The van der Waals surface area contributed by atoms with E-state index in [0.29, 0.717) is 22.7 Å². The van der Waals surface area contributed by atoms with Crippen LogP contribution < -0.4 is 5.32 Å². The molecule has 2 aromatic carbocycles. The quantitative estimate of drug-likeness (QED) is 0.799. The number of halogens is 3. The van der Waals surface area contributed by atoms with Crippen molar-refractivity contribution in [2.24, 2.45) is 0 Å². The molecule has 1 nitrogen and oxygen atoms in total. The second kappa shape index (κ2) is 6.70. The third-order valence-electron chi connectivity index (χ3n) is 3.14. The molecular formula is C16H16BrClFN. The summed E-state index contributed by atoms with van der Waals surface area (Å²) in [5, 5.41) is 4.06. The molecule has 20 heavy (non-hydrogen) atoms. The molecule has 4 heteroatoms. The minimum atomic E-state index is -0.115. The van der Waals surface area contributed by atoms with E-state index >= 15 is 0 Å². The Labute approximate surface area is 132 Å². The van der Waals surface area contributed by atoms with Gasteiger partial charge in [0.25, 0.3) is 0 Å². The molecule has 0 bridgehead atoms. The lowest BCUT2D eigenvalue weighted by molar-refractivity contribution is 0.606. The highest BCUT2D eigenvalue weighted by molar-refractivity contribution is 9.10. The fourth-order valence-corrected chi connectivity index (χ4v) is 2.68. The van der Waals surface area contributed by atoms with E-state index < -0.39 is 0 Å². The summed E-state index contributed by atoms with van der Waals surface area (Å²) in [5.41, 5.74) is 3.62. The second-order valence-electron chi connectivity index (χ2n) is 4.90. The van der Waals surface area contributed by atoms with E-state index in [2.05, 4.69) is 21.2 Å². The predicted octanol–water partition coefficient (Wildman–Crippen LogP) is 5.15. The molecule has 0 spiro atoms. The molecule has 0 aliphatic carbocycles. The van der Waals surface area contributed by atoms with Crippen molar-refractivity contribution in [3.8, 4) is 0 Å². The van der Waals surface area contributed by atoms with E-state index in [-0.39, 0.29) is 5.82 Å². The van der Waals surface area contributed by atoms with Crippen LogP contribution in [0.3, 0.4) is 0 Å². The number of aryl methyl sites for hydroxylation is 2. The smallest absolute Gasteiger partial charge is 0.129 e. The second-order valence-corrected chi connectivity index (χ2v) is 6.16. The first-order valence-electron chi connectivity index (χ1n) is 6.37. The number of hydrogen-bond acceptors (Lipinski definition) is 1. The summed E-state index contributed by atoms with van der Waals surface area (Å²) in [6, 6.07) is 9.62. The van der Waals surface area contributed by atoms with Crippen molar-refractivity contribution in [3.05, 3.63) is 67.9 Å². The van der Waals surface area contributed by atoms with E-state index in [9.17, 15) is 4.39 Å². The topological polar surface area (TPSA) is 12.0 Å². The van der Waals surface area contributed by atoms with Crippen molar-refractivity contribution in [2.75, 3.05) is 0 Å². The summed E-state index contributed by atoms with van der Waals surface area (Å²) < 4.78 is 14.4. The Morgan fingerprint density at radius 3 is 2.25 bits per heavy atom. The first-order chi connectivity index (χ1) is 9.47. The minimum Gasteiger partial charge on any atom is -0.309 e. The summed E-state index contributed by atoms with van der Waals surface area (Å²) in [7, 11) is 0. The fourth-order valence-electron chi connectivity index (χ4n) is 2.14.